The molecule has 1 aliphatic heterocycles. The fourth-order valence-electron chi connectivity index (χ4n) is 3.70. The minimum atomic E-state index is -1.01. The molecule has 0 spiro atoms. The Hall–Kier alpha value is -2.72. The second kappa shape index (κ2) is 10.3. The maximum absolute atomic E-state index is 14.4. The van der Waals surface area contributed by atoms with Crippen LogP contribution in [0.15, 0.2) is 48.8 Å². The zero-order valence-electron chi connectivity index (χ0n) is 17.4. The first-order valence-corrected chi connectivity index (χ1v) is 11.2. The van der Waals surface area contributed by atoms with E-state index in [1.165, 1.54) is 12.4 Å². The topological polar surface area (TPSA) is 84.3 Å². The molecule has 1 fully saturated rings. The number of hydrogen-bond donors (Lipinski definition) is 2. The standard InChI is InChI=1S/C23H18Cl2F3N3O3/c24-9-19-22(32)12(25)8-18(34-19)11-6-7-29-10-17(11)31-23(33)16-5-4-15(28)21(30-16)20-13(26)2-1-3-14(20)27/h1-7,10,12,18-19,22,32H,8-9H2,(H,31,33). The molecule has 3 aromatic rings. The number of amides is 1. The number of pyridine rings is 2. The molecule has 1 aromatic carbocycles. The van der Waals surface area contributed by atoms with E-state index < -0.39 is 58.3 Å². The Morgan fingerprint density at radius 1 is 1.15 bits per heavy atom. The van der Waals surface area contributed by atoms with E-state index in [1.54, 1.807) is 6.07 Å². The van der Waals surface area contributed by atoms with Gasteiger partial charge in [-0.15, -0.1) is 23.2 Å². The van der Waals surface area contributed by atoms with Gasteiger partial charge < -0.3 is 15.2 Å². The van der Waals surface area contributed by atoms with Crippen molar-refractivity contribution in [1.29, 1.82) is 0 Å². The lowest BCUT2D eigenvalue weighted by Gasteiger charge is -2.36. The van der Waals surface area contributed by atoms with E-state index in [-0.39, 0.29) is 23.7 Å². The van der Waals surface area contributed by atoms with Crippen molar-refractivity contribution < 1.29 is 27.8 Å². The highest BCUT2D eigenvalue weighted by Gasteiger charge is 2.37. The molecule has 178 valence electrons. The number of rotatable bonds is 5. The molecule has 4 rings (SSSR count). The number of hydrogen-bond acceptors (Lipinski definition) is 5. The third kappa shape index (κ3) is 4.88. The van der Waals surface area contributed by atoms with Gasteiger partial charge in [-0.25, -0.2) is 18.2 Å². The van der Waals surface area contributed by atoms with Gasteiger partial charge in [-0.3, -0.25) is 9.78 Å². The summed E-state index contributed by atoms with van der Waals surface area (Å²) < 4.78 is 48.5. The molecule has 3 heterocycles. The first-order chi connectivity index (χ1) is 16.3. The zero-order valence-corrected chi connectivity index (χ0v) is 18.9. The van der Waals surface area contributed by atoms with E-state index in [9.17, 15) is 23.1 Å². The molecule has 34 heavy (non-hydrogen) atoms. The lowest BCUT2D eigenvalue weighted by Crippen LogP contribution is -2.44. The molecule has 1 aliphatic rings. The normalized spacial score (nSPS) is 22.4. The summed E-state index contributed by atoms with van der Waals surface area (Å²) in [7, 11) is 0. The van der Waals surface area contributed by atoms with Crippen LogP contribution in [-0.2, 0) is 4.74 Å². The van der Waals surface area contributed by atoms with Crippen molar-refractivity contribution in [1.82, 2.24) is 9.97 Å². The monoisotopic (exact) mass is 511 g/mol. The highest BCUT2D eigenvalue weighted by Crippen LogP contribution is 2.37. The molecule has 0 radical (unpaired) electrons. The van der Waals surface area contributed by atoms with Crippen LogP contribution in [0.5, 0.6) is 0 Å². The number of nitrogens with one attached hydrogen (secondary N) is 1. The van der Waals surface area contributed by atoms with Crippen molar-refractivity contribution in [3.05, 3.63) is 77.5 Å². The maximum atomic E-state index is 14.4. The quantitative estimate of drug-likeness (QED) is 0.478. The molecular weight excluding hydrogens is 494 g/mol. The molecular formula is C23H18Cl2F3N3O3. The molecule has 1 amide bonds. The Bertz CT molecular complexity index is 1200. The van der Waals surface area contributed by atoms with E-state index in [0.717, 1.165) is 30.3 Å². The van der Waals surface area contributed by atoms with Crippen LogP contribution in [0.25, 0.3) is 11.3 Å². The van der Waals surface area contributed by atoms with Crippen LogP contribution in [0.3, 0.4) is 0 Å². The van der Waals surface area contributed by atoms with E-state index in [1.807, 2.05) is 0 Å². The number of alkyl halides is 2. The Morgan fingerprint density at radius 3 is 2.59 bits per heavy atom. The summed E-state index contributed by atoms with van der Waals surface area (Å²) in [5, 5.41) is 12.1. The second-order valence-corrected chi connectivity index (χ2v) is 8.47. The minimum absolute atomic E-state index is 0.0164. The highest BCUT2D eigenvalue weighted by molar-refractivity contribution is 6.21. The van der Waals surface area contributed by atoms with Gasteiger partial charge in [0.25, 0.3) is 5.91 Å². The van der Waals surface area contributed by atoms with Gasteiger partial charge in [-0.1, -0.05) is 6.07 Å². The summed E-state index contributed by atoms with van der Waals surface area (Å²) in [4.78, 5) is 20.8. The molecule has 6 nitrogen and oxygen atoms in total. The molecule has 4 atom stereocenters. The number of carbonyl (C=O) groups excluding carboxylic acids is 1. The van der Waals surface area contributed by atoms with Gasteiger partial charge in [0.15, 0.2) is 0 Å². The van der Waals surface area contributed by atoms with Crippen LogP contribution in [0.2, 0.25) is 0 Å². The first-order valence-electron chi connectivity index (χ1n) is 10.2. The van der Waals surface area contributed by atoms with Crippen LogP contribution >= 0.6 is 23.2 Å². The van der Waals surface area contributed by atoms with Crippen molar-refractivity contribution >= 4 is 34.8 Å². The van der Waals surface area contributed by atoms with Crippen LogP contribution < -0.4 is 5.32 Å². The van der Waals surface area contributed by atoms with Crippen molar-refractivity contribution in [3.8, 4) is 11.3 Å². The molecule has 1 saturated heterocycles. The van der Waals surface area contributed by atoms with Crippen molar-refractivity contribution in [2.45, 2.75) is 30.1 Å². The summed E-state index contributed by atoms with van der Waals surface area (Å²) in [5.41, 5.74) is -0.794. The van der Waals surface area contributed by atoms with Crippen LogP contribution in [0.4, 0.5) is 18.9 Å². The van der Waals surface area contributed by atoms with E-state index >= 15 is 0 Å². The van der Waals surface area contributed by atoms with E-state index in [2.05, 4.69) is 15.3 Å². The lowest BCUT2D eigenvalue weighted by atomic mass is 9.96. The summed E-state index contributed by atoms with van der Waals surface area (Å²) >= 11 is 12.1. The Morgan fingerprint density at radius 2 is 1.88 bits per heavy atom. The highest BCUT2D eigenvalue weighted by atomic mass is 35.5. The number of carbonyl (C=O) groups is 1. The van der Waals surface area contributed by atoms with Crippen LogP contribution in [-0.4, -0.2) is 44.4 Å². The predicted octanol–water partition coefficient (Wildman–Crippen LogP) is 4.85. The SMILES string of the molecule is O=C(Nc1cnccc1C1CC(Cl)C(O)C(CCl)O1)c1ccc(F)c(-c2c(F)cccc2F)n1. The van der Waals surface area contributed by atoms with Crippen molar-refractivity contribution in [2.75, 3.05) is 11.2 Å². The smallest absolute Gasteiger partial charge is 0.274 e. The number of nitrogens with zero attached hydrogens (tertiary/aromatic N) is 2. The van der Waals surface area contributed by atoms with Crippen LogP contribution in [0, 0.1) is 17.5 Å². The molecule has 4 unspecified atom stereocenters. The Balaban J connectivity index is 1.63. The summed E-state index contributed by atoms with van der Waals surface area (Å²) in [6.45, 7) is 0. The Labute approximate surface area is 202 Å². The molecule has 2 aromatic heterocycles. The second-order valence-electron chi connectivity index (χ2n) is 7.60. The van der Waals surface area contributed by atoms with Gasteiger partial charge in [0.1, 0.15) is 28.8 Å². The Kier molecular flexibility index (Phi) is 7.37. The van der Waals surface area contributed by atoms with Gasteiger partial charge in [-0.05, 0) is 36.8 Å². The average Bonchev–Trinajstić information content (AvgIpc) is 2.82. The lowest BCUT2D eigenvalue weighted by molar-refractivity contribution is -0.105. The van der Waals surface area contributed by atoms with Crippen molar-refractivity contribution in [2.24, 2.45) is 0 Å². The summed E-state index contributed by atoms with van der Waals surface area (Å²) in [6, 6.07) is 6.68. The summed E-state index contributed by atoms with van der Waals surface area (Å²) in [5.74, 6) is -3.77. The van der Waals surface area contributed by atoms with Gasteiger partial charge in [-0.2, -0.15) is 0 Å². The predicted molar refractivity (Wildman–Crippen MR) is 120 cm³/mol. The molecule has 2 N–H and O–H groups in total. The number of aliphatic hydroxyl groups is 1. The van der Waals surface area contributed by atoms with Gasteiger partial charge in [0, 0.05) is 11.8 Å². The van der Waals surface area contributed by atoms with E-state index in [0.29, 0.717) is 5.56 Å². The average molecular weight is 512 g/mol. The molecule has 0 aliphatic carbocycles. The van der Waals surface area contributed by atoms with Gasteiger partial charge in [0.05, 0.1) is 47.0 Å². The van der Waals surface area contributed by atoms with E-state index in [4.69, 9.17) is 27.9 Å². The fraction of sp³-hybridized carbons (Fsp3) is 0.261. The maximum Gasteiger partial charge on any atom is 0.274 e. The molecule has 0 saturated carbocycles. The van der Waals surface area contributed by atoms with Gasteiger partial charge in [0.2, 0.25) is 0 Å². The number of halogens is 5. The largest absolute Gasteiger partial charge is 0.389 e. The number of anilines is 1. The number of benzene rings is 1. The van der Waals surface area contributed by atoms with Crippen LogP contribution in [0.1, 0.15) is 28.6 Å². The first kappa shape index (κ1) is 24.4. The number of ether oxygens (including phenoxy) is 1. The third-order valence-corrected chi connectivity index (χ3v) is 6.15. The number of aliphatic hydroxyl groups excluding tert-OH is 1. The fourth-order valence-corrected chi connectivity index (χ4v) is 4.28. The number of aromatic nitrogens is 2. The minimum Gasteiger partial charge on any atom is -0.389 e. The van der Waals surface area contributed by atoms with Crippen molar-refractivity contribution in [3.63, 3.8) is 0 Å². The molecule has 0 bridgehead atoms. The van der Waals surface area contributed by atoms with Gasteiger partial charge >= 0.3 is 0 Å². The summed E-state index contributed by atoms with van der Waals surface area (Å²) in [6.07, 6.45) is 0.855. The molecule has 11 heteroatoms. The zero-order chi connectivity index (χ0) is 24.4. The third-order valence-electron chi connectivity index (χ3n) is 5.41.